The molecule has 2 aromatic rings. The molecular weight excluding hydrogens is 424 g/mol. The number of rotatable bonds is 8. The van der Waals surface area contributed by atoms with Crippen molar-refractivity contribution in [1.82, 2.24) is 15.6 Å². The predicted octanol–water partition coefficient (Wildman–Crippen LogP) is 1.82. The Morgan fingerprint density at radius 1 is 1.21 bits per heavy atom. The smallest absolute Gasteiger partial charge is 0.261 e. The highest BCUT2D eigenvalue weighted by Crippen LogP contribution is 2.28. The Kier molecular flexibility index (Phi) is 7.52. The summed E-state index contributed by atoms with van der Waals surface area (Å²) in [5.74, 6) is -1.03. The fourth-order valence-electron chi connectivity index (χ4n) is 3.96. The molecule has 0 fully saturated rings. The number of aromatic nitrogens is 1. The lowest BCUT2D eigenvalue weighted by Crippen LogP contribution is -2.50. The molecule has 3 rings (SSSR count). The van der Waals surface area contributed by atoms with E-state index in [0.717, 1.165) is 6.42 Å². The SMILES string of the molecule is CCOc1ccc(C(=O)N[C@H](C(=O)N[C@@H]2CCCc3[nH]c(=O)c(C(N)=O)cc32)C(C)C)cc1. The molecule has 1 aromatic carbocycles. The van der Waals surface area contributed by atoms with Crippen LogP contribution in [0.1, 0.15) is 71.6 Å². The summed E-state index contributed by atoms with van der Waals surface area (Å²) in [6.07, 6.45) is 2.04. The number of fused-ring (bicyclic) bond motifs is 1. The third kappa shape index (κ3) is 5.60. The highest BCUT2D eigenvalue weighted by Gasteiger charge is 2.30. The monoisotopic (exact) mass is 454 g/mol. The van der Waals surface area contributed by atoms with Crippen molar-refractivity contribution < 1.29 is 19.1 Å². The van der Waals surface area contributed by atoms with E-state index >= 15 is 0 Å². The third-order valence-corrected chi connectivity index (χ3v) is 5.70. The van der Waals surface area contributed by atoms with Gasteiger partial charge in [0.2, 0.25) is 5.91 Å². The van der Waals surface area contributed by atoms with Crippen molar-refractivity contribution in [3.05, 3.63) is 63.1 Å². The number of aromatic amines is 1. The van der Waals surface area contributed by atoms with E-state index in [2.05, 4.69) is 15.6 Å². The molecule has 3 amide bonds. The summed E-state index contributed by atoms with van der Waals surface area (Å²) in [6, 6.07) is 7.00. The molecule has 0 spiro atoms. The van der Waals surface area contributed by atoms with Crippen LogP contribution in [0.15, 0.2) is 35.1 Å². The van der Waals surface area contributed by atoms with Gasteiger partial charge in [-0.3, -0.25) is 19.2 Å². The Morgan fingerprint density at radius 2 is 1.91 bits per heavy atom. The molecule has 0 bridgehead atoms. The number of H-pyrrole nitrogens is 1. The number of carbonyl (C=O) groups excluding carboxylic acids is 3. The van der Waals surface area contributed by atoms with Gasteiger partial charge in [0.05, 0.1) is 12.6 Å². The van der Waals surface area contributed by atoms with Crippen molar-refractivity contribution >= 4 is 17.7 Å². The lowest BCUT2D eigenvalue weighted by Gasteiger charge is -2.29. The van der Waals surface area contributed by atoms with E-state index in [9.17, 15) is 19.2 Å². The summed E-state index contributed by atoms with van der Waals surface area (Å²) in [4.78, 5) is 52.3. The highest BCUT2D eigenvalue weighted by molar-refractivity contribution is 5.97. The number of primary amides is 1. The van der Waals surface area contributed by atoms with E-state index in [0.29, 0.717) is 42.0 Å². The first-order chi connectivity index (χ1) is 15.7. The number of benzene rings is 1. The fraction of sp³-hybridized carbons (Fsp3) is 0.417. The summed E-state index contributed by atoms with van der Waals surface area (Å²) in [5, 5.41) is 5.79. The maximum Gasteiger partial charge on any atom is 0.261 e. The van der Waals surface area contributed by atoms with Gasteiger partial charge >= 0.3 is 0 Å². The number of nitrogens with one attached hydrogen (secondary N) is 3. The van der Waals surface area contributed by atoms with Crippen molar-refractivity contribution in [2.45, 2.75) is 52.1 Å². The molecule has 5 N–H and O–H groups in total. The zero-order valence-electron chi connectivity index (χ0n) is 19.1. The van der Waals surface area contributed by atoms with Crippen molar-refractivity contribution in [2.24, 2.45) is 11.7 Å². The number of aryl methyl sites for hydroxylation is 1. The van der Waals surface area contributed by atoms with Crippen LogP contribution in [0.3, 0.4) is 0 Å². The summed E-state index contributed by atoms with van der Waals surface area (Å²) >= 11 is 0. The van der Waals surface area contributed by atoms with Gasteiger partial charge in [0, 0.05) is 11.3 Å². The van der Waals surface area contributed by atoms with E-state index in [-0.39, 0.29) is 23.3 Å². The van der Waals surface area contributed by atoms with Crippen LogP contribution >= 0.6 is 0 Å². The maximum absolute atomic E-state index is 13.1. The van der Waals surface area contributed by atoms with Gasteiger partial charge in [0.25, 0.3) is 17.4 Å². The molecule has 33 heavy (non-hydrogen) atoms. The average molecular weight is 455 g/mol. The van der Waals surface area contributed by atoms with Gasteiger partial charge < -0.3 is 26.1 Å². The van der Waals surface area contributed by atoms with Crippen LogP contribution in [-0.2, 0) is 11.2 Å². The van der Waals surface area contributed by atoms with Crippen LogP contribution in [0.5, 0.6) is 5.75 Å². The number of hydrogen-bond acceptors (Lipinski definition) is 5. The predicted molar refractivity (Wildman–Crippen MR) is 123 cm³/mol. The largest absolute Gasteiger partial charge is 0.494 e. The number of nitrogens with two attached hydrogens (primary N) is 1. The van der Waals surface area contributed by atoms with Crippen LogP contribution in [0.25, 0.3) is 0 Å². The van der Waals surface area contributed by atoms with Crippen molar-refractivity contribution in [3.63, 3.8) is 0 Å². The number of amides is 3. The zero-order chi connectivity index (χ0) is 24.1. The number of hydrogen-bond donors (Lipinski definition) is 4. The van der Waals surface area contributed by atoms with Crippen molar-refractivity contribution in [3.8, 4) is 5.75 Å². The topological polar surface area (TPSA) is 143 Å². The molecule has 176 valence electrons. The summed E-state index contributed by atoms with van der Waals surface area (Å²) in [6.45, 7) is 6.10. The second-order valence-electron chi connectivity index (χ2n) is 8.42. The number of ether oxygens (including phenoxy) is 1. The van der Waals surface area contributed by atoms with E-state index in [1.807, 2.05) is 20.8 Å². The van der Waals surface area contributed by atoms with E-state index in [1.165, 1.54) is 6.07 Å². The van der Waals surface area contributed by atoms with Gasteiger partial charge in [-0.15, -0.1) is 0 Å². The van der Waals surface area contributed by atoms with Gasteiger partial charge in [0.1, 0.15) is 17.4 Å². The second kappa shape index (κ2) is 10.3. The Morgan fingerprint density at radius 3 is 2.52 bits per heavy atom. The van der Waals surface area contributed by atoms with Crippen LogP contribution in [0, 0.1) is 5.92 Å². The van der Waals surface area contributed by atoms with Crippen LogP contribution in [0.2, 0.25) is 0 Å². The molecule has 1 aliphatic rings. The van der Waals surface area contributed by atoms with Crippen molar-refractivity contribution in [1.29, 1.82) is 0 Å². The second-order valence-corrected chi connectivity index (χ2v) is 8.42. The first-order valence-corrected chi connectivity index (χ1v) is 11.1. The van der Waals surface area contributed by atoms with Crippen LogP contribution in [0.4, 0.5) is 0 Å². The lowest BCUT2D eigenvalue weighted by molar-refractivity contribution is -0.124. The molecule has 0 aliphatic heterocycles. The Hall–Kier alpha value is -3.62. The lowest BCUT2D eigenvalue weighted by atomic mass is 9.89. The molecule has 9 nitrogen and oxygen atoms in total. The zero-order valence-corrected chi connectivity index (χ0v) is 19.1. The van der Waals surface area contributed by atoms with Crippen LogP contribution < -0.4 is 26.7 Å². The minimum Gasteiger partial charge on any atom is -0.494 e. The average Bonchev–Trinajstić information content (AvgIpc) is 2.77. The first kappa shape index (κ1) is 24.0. The van der Waals surface area contributed by atoms with Crippen LogP contribution in [-0.4, -0.2) is 35.4 Å². The summed E-state index contributed by atoms with van der Waals surface area (Å²) < 4.78 is 5.40. The standard InChI is InChI=1S/C24H30N4O5/c1-4-33-15-10-8-14(9-11-15)22(30)28-20(13(2)3)24(32)27-19-7-5-6-18-16(19)12-17(21(25)29)23(31)26-18/h8-13,19-20H,4-7H2,1-3H3,(H2,25,29)(H,26,31)(H,27,32)(H,28,30)/t19-,20+/m1/s1. The van der Waals surface area contributed by atoms with Gasteiger partial charge in [-0.05, 0) is 68.0 Å². The molecule has 2 atom stereocenters. The normalized spacial score (nSPS) is 15.9. The molecule has 9 heteroatoms. The first-order valence-electron chi connectivity index (χ1n) is 11.1. The minimum absolute atomic E-state index is 0.140. The van der Waals surface area contributed by atoms with Gasteiger partial charge in [-0.25, -0.2) is 0 Å². The molecule has 0 radical (unpaired) electrons. The molecule has 0 saturated carbocycles. The fourth-order valence-corrected chi connectivity index (χ4v) is 3.96. The highest BCUT2D eigenvalue weighted by atomic mass is 16.5. The quantitative estimate of drug-likeness (QED) is 0.481. The van der Waals surface area contributed by atoms with Gasteiger partial charge in [-0.2, -0.15) is 0 Å². The van der Waals surface area contributed by atoms with E-state index in [4.69, 9.17) is 10.5 Å². The maximum atomic E-state index is 13.1. The minimum atomic E-state index is -0.822. The third-order valence-electron chi connectivity index (χ3n) is 5.70. The Bertz CT molecular complexity index is 1090. The Labute approximate surface area is 192 Å². The van der Waals surface area contributed by atoms with E-state index < -0.39 is 23.6 Å². The Balaban J connectivity index is 1.76. The summed E-state index contributed by atoms with van der Waals surface area (Å²) in [7, 11) is 0. The van der Waals surface area contributed by atoms with Gasteiger partial charge in [0.15, 0.2) is 0 Å². The van der Waals surface area contributed by atoms with Crippen molar-refractivity contribution in [2.75, 3.05) is 6.61 Å². The van der Waals surface area contributed by atoms with Gasteiger partial charge in [-0.1, -0.05) is 13.8 Å². The molecule has 1 aromatic heterocycles. The van der Waals surface area contributed by atoms with E-state index in [1.54, 1.807) is 24.3 Å². The number of pyridine rings is 1. The molecule has 0 saturated heterocycles. The molecule has 1 heterocycles. The number of carbonyl (C=O) groups is 3. The molecule has 1 aliphatic carbocycles. The summed E-state index contributed by atoms with van der Waals surface area (Å²) in [5.41, 5.74) is 6.42. The molecule has 0 unspecified atom stereocenters. The molecular formula is C24H30N4O5.